The Morgan fingerprint density at radius 3 is 2.64 bits per heavy atom. The quantitative estimate of drug-likeness (QED) is 0.339. The van der Waals surface area contributed by atoms with Gasteiger partial charge in [-0.15, -0.1) is 0 Å². The van der Waals surface area contributed by atoms with Crippen LogP contribution in [0.4, 0.5) is 0 Å². The Balaban J connectivity index is 1.42. The molecule has 172 valence electrons. The van der Waals surface area contributed by atoms with E-state index in [1.54, 1.807) is 29.7 Å². The molecule has 1 heterocycles. The summed E-state index contributed by atoms with van der Waals surface area (Å²) in [6, 6.07) is 15.8. The third-order valence-corrected chi connectivity index (χ3v) is 6.05. The van der Waals surface area contributed by atoms with Crippen LogP contribution in [0.2, 0.25) is 0 Å². The number of hydrogen-bond acceptors (Lipinski definition) is 6. The van der Waals surface area contributed by atoms with Gasteiger partial charge >= 0.3 is 0 Å². The molecular weight excluding hydrogens is 422 g/mol. The average Bonchev–Trinajstić information content (AvgIpc) is 2.83. The number of aliphatic hydroxyl groups excluding tert-OH is 1. The lowest BCUT2D eigenvalue weighted by molar-refractivity contribution is -0.137. The van der Waals surface area contributed by atoms with Gasteiger partial charge in [-0.25, -0.2) is 5.48 Å². The van der Waals surface area contributed by atoms with Crippen molar-refractivity contribution in [3.05, 3.63) is 71.4 Å². The van der Waals surface area contributed by atoms with E-state index in [1.165, 1.54) is 0 Å². The van der Waals surface area contributed by atoms with Crippen molar-refractivity contribution >= 4 is 22.7 Å². The molecule has 1 aromatic heterocycles. The standard InChI is InChI=1S/C25H27N3O5/c1-15-13-17(19-5-2-3-7-21(19)26-15)14-33-18-11-9-16(10-12-18)24(30)27-23-20(25(31)28-32)6-4-8-22(23)29/h2-3,5,7,9-13,20,22-23,29,32H,4,6,8,14H2,1H3,(H,27,30)(H,28,31)/t20-,22+,23?/m0/s1. The van der Waals surface area contributed by atoms with Crippen LogP contribution >= 0.6 is 0 Å². The molecule has 8 heteroatoms. The van der Waals surface area contributed by atoms with Gasteiger partial charge in [-0.1, -0.05) is 18.2 Å². The van der Waals surface area contributed by atoms with Crippen molar-refractivity contribution in [1.82, 2.24) is 15.8 Å². The van der Waals surface area contributed by atoms with Gasteiger partial charge in [0.15, 0.2) is 0 Å². The number of hydroxylamine groups is 1. The number of para-hydroxylation sites is 1. The van der Waals surface area contributed by atoms with Crippen molar-refractivity contribution < 1.29 is 24.6 Å². The van der Waals surface area contributed by atoms with Gasteiger partial charge in [0.05, 0.1) is 23.6 Å². The first-order chi connectivity index (χ1) is 16.0. The highest BCUT2D eigenvalue weighted by atomic mass is 16.5. The fourth-order valence-electron chi connectivity index (χ4n) is 4.36. The molecule has 1 unspecified atom stereocenters. The number of carbonyl (C=O) groups excluding carboxylic acids is 2. The highest BCUT2D eigenvalue weighted by Gasteiger charge is 2.37. The van der Waals surface area contributed by atoms with Crippen molar-refractivity contribution in [2.75, 3.05) is 0 Å². The van der Waals surface area contributed by atoms with Crippen molar-refractivity contribution in [3.63, 3.8) is 0 Å². The third-order valence-electron chi connectivity index (χ3n) is 6.05. The minimum atomic E-state index is -0.855. The van der Waals surface area contributed by atoms with E-state index in [0.717, 1.165) is 22.2 Å². The van der Waals surface area contributed by atoms with E-state index in [0.29, 0.717) is 37.2 Å². The zero-order chi connectivity index (χ0) is 23.4. The van der Waals surface area contributed by atoms with Crippen molar-refractivity contribution in [2.24, 2.45) is 5.92 Å². The largest absolute Gasteiger partial charge is 0.489 e. The van der Waals surface area contributed by atoms with Crippen molar-refractivity contribution in [2.45, 2.75) is 44.9 Å². The van der Waals surface area contributed by atoms with Gasteiger partial charge < -0.3 is 15.2 Å². The third kappa shape index (κ3) is 5.13. The maximum atomic E-state index is 12.7. The molecular formula is C25H27N3O5. The summed E-state index contributed by atoms with van der Waals surface area (Å²) in [6.45, 7) is 2.31. The van der Waals surface area contributed by atoms with Crippen LogP contribution in [0.25, 0.3) is 10.9 Å². The zero-order valence-corrected chi connectivity index (χ0v) is 18.3. The van der Waals surface area contributed by atoms with E-state index in [1.807, 2.05) is 37.3 Å². The second-order valence-corrected chi connectivity index (χ2v) is 8.33. The first kappa shape index (κ1) is 22.7. The fraction of sp³-hybridized carbons (Fsp3) is 0.320. The fourth-order valence-corrected chi connectivity index (χ4v) is 4.36. The van der Waals surface area contributed by atoms with Crippen molar-refractivity contribution in [1.29, 1.82) is 0 Å². The monoisotopic (exact) mass is 449 g/mol. The molecule has 8 nitrogen and oxygen atoms in total. The lowest BCUT2D eigenvalue weighted by Gasteiger charge is -2.34. The highest BCUT2D eigenvalue weighted by Crippen LogP contribution is 2.26. The normalized spacial score (nSPS) is 20.3. The number of benzene rings is 2. The Hall–Kier alpha value is -3.49. The maximum absolute atomic E-state index is 12.7. The van der Waals surface area contributed by atoms with Crippen LogP contribution in [0, 0.1) is 12.8 Å². The summed E-state index contributed by atoms with van der Waals surface area (Å²) in [7, 11) is 0. The summed E-state index contributed by atoms with van der Waals surface area (Å²) in [5.41, 5.74) is 4.87. The molecule has 0 spiro atoms. The zero-order valence-electron chi connectivity index (χ0n) is 18.3. The number of rotatable bonds is 6. The molecule has 1 aliphatic carbocycles. The Bertz CT molecular complexity index is 1150. The number of fused-ring (bicyclic) bond motifs is 1. The summed E-state index contributed by atoms with van der Waals surface area (Å²) in [5, 5.41) is 23.0. The number of amides is 2. The number of aryl methyl sites for hydroxylation is 1. The number of nitrogens with zero attached hydrogens (tertiary/aromatic N) is 1. The first-order valence-electron chi connectivity index (χ1n) is 11.0. The van der Waals surface area contributed by atoms with Gasteiger partial charge in [-0.3, -0.25) is 19.8 Å². The molecule has 1 fully saturated rings. The molecule has 1 aliphatic rings. The summed E-state index contributed by atoms with van der Waals surface area (Å²) in [4.78, 5) is 29.2. The molecule has 3 atom stereocenters. The summed E-state index contributed by atoms with van der Waals surface area (Å²) < 4.78 is 5.94. The number of aromatic nitrogens is 1. The van der Waals surface area contributed by atoms with Crippen LogP contribution in [0.3, 0.4) is 0 Å². The number of hydrogen-bond donors (Lipinski definition) is 4. The first-order valence-corrected chi connectivity index (χ1v) is 11.0. The maximum Gasteiger partial charge on any atom is 0.251 e. The molecule has 3 aromatic rings. The van der Waals surface area contributed by atoms with Crippen LogP contribution < -0.4 is 15.5 Å². The molecule has 4 rings (SSSR count). The molecule has 0 aliphatic heterocycles. The summed E-state index contributed by atoms with van der Waals surface area (Å²) in [5.74, 6) is -1.09. The van der Waals surface area contributed by atoms with Gasteiger partial charge in [-0.05, 0) is 62.6 Å². The number of carbonyl (C=O) groups is 2. The predicted octanol–water partition coefficient (Wildman–Crippen LogP) is 2.89. The lowest BCUT2D eigenvalue weighted by Crippen LogP contribution is -2.54. The summed E-state index contributed by atoms with van der Waals surface area (Å²) >= 11 is 0. The number of pyridine rings is 1. The predicted molar refractivity (Wildman–Crippen MR) is 122 cm³/mol. The molecule has 2 amide bonds. The molecule has 4 N–H and O–H groups in total. The van der Waals surface area contributed by atoms with Crippen molar-refractivity contribution in [3.8, 4) is 5.75 Å². The second kappa shape index (κ2) is 9.97. The number of nitrogens with one attached hydrogen (secondary N) is 2. The van der Waals surface area contributed by atoms with Gasteiger partial charge in [0.2, 0.25) is 5.91 Å². The Morgan fingerprint density at radius 2 is 1.88 bits per heavy atom. The van der Waals surface area contributed by atoms with Crippen LogP contribution in [0.1, 0.15) is 40.9 Å². The minimum absolute atomic E-state index is 0.363. The van der Waals surface area contributed by atoms with E-state index in [4.69, 9.17) is 9.94 Å². The molecule has 2 aromatic carbocycles. The second-order valence-electron chi connectivity index (χ2n) is 8.33. The molecule has 33 heavy (non-hydrogen) atoms. The van der Waals surface area contributed by atoms with Crippen LogP contribution in [0.5, 0.6) is 5.75 Å². The average molecular weight is 450 g/mol. The Kier molecular flexibility index (Phi) is 6.86. The van der Waals surface area contributed by atoms with Gasteiger partial charge in [-0.2, -0.15) is 0 Å². The topological polar surface area (TPSA) is 121 Å². The van der Waals surface area contributed by atoms with E-state index < -0.39 is 29.9 Å². The number of aliphatic hydroxyl groups is 1. The lowest BCUT2D eigenvalue weighted by atomic mass is 9.82. The van der Waals surface area contributed by atoms with Gasteiger partial charge in [0.1, 0.15) is 12.4 Å². The van der Waals surface area contributed by atoms with Crippen LogP contribution in [0.15, 0.2) is 54.6 Å². The molecule has 0 radical (unpaired) electrons. The van der Waals surface area contributed by atoms with E-state index in [2.05, 4.69) is 10.3 Å². The van der Waals surface area contributed by atoms with Crippen LogP contribution in [-0.2, 0) is 11.4 Å². The Morgan fingerprint density at radius 1 is 1.12 bits per heavy atom. The SMILES string of the molecule is Cc1cc(COc2ccc(C(=O)NC3[C@H](O)CCC[C@@H]3C(=O)NO)cc2)c2ccccc2n1. The molecule has 0 bridgehead atoms. The van der Waals surface area contributed by atoms with Crippen LogP contribution in [-0.4, -0.2) is 39.3 Å². The number of ether oxygens (including phenoxy) is 1. The smallest absolute Gasteiger partial charge is 0.251 e. The van der Waals surface area contributed by atoms with E-state index in [9.17, 15) is 14.7 Å². The molecule has 0 saturated heterocycles. The van der Waals surface area contributed by atoms with Gasteiger partial charge in [0, 0.05) is 22.2 Å². The van der Waals surface area contributed by atoms with Gasteiger partial charge in [0.25, 0.3) is 5.91 Å². The minimum Gasteiger partial charge on any atom is -0.489 e. The summed E-state index contributed by atoms with van der Waals surface area (Å²) in [6.07, 6.45) is 0.746. The van der Waals surface area contributed by atoms with E-state index >= 15 is 0 Å². The highest BCUT2D eigenvalue weighted by molar-refractivity contribution is 5.95. The van der Waals surface area contributed by atoms with E-state index in [-0.39, 0.29) is 0 Å². The Labute approximate surface area is 191 Å². The molecule has 1 saturated carbocycles.